The largest absolute Gasteiger partial charge is 0.388 e. The molecule has 4 N–H and O–H groups in total. The zero-order valence-electron chi connectivity index (χ0n) is 9.27. The molecule has 0 unspecified atom stereocenters. The van der Waals surface area contributed by atoms with Gasteiger partial charge in [0.15, 0.2) is 0 Å². The van der Waals surface area contributed by atoms with Crippen molar-refractivity contribution in [2.24, 2.45) is 11.7 Å². The van der Waals surface area contributed by atoms with Gasteiger partial charge < -0.3 is 20.9 Å². The minimum Gasteiger partial charge on any atom is -0.388 e. The second kappa shape index (κ2) is 5.44. The van der Waals surface area contributed by atoms with Gasteiger partial charge in [-0.3, -0.25) is 4.79 Å². The molecule has 5 heteroatoms. The molecule has 1 aliphatic rings. The highest BCUT2D eigenvalue weighted by atomic mass is 16.5. The lowest BCUT2D eigenvalue weighted by Gasteiger charge is -2.19. The molecule has 1 aliphatic heterocycles. The summed E-state index contributed by atoms with van der Waals surface area (Å²) in [4.78, 5) is 11.6. The van der Waals surface area contributed by atoms with Crippen molar-refractivity contribution in [1.29, 1.82) is 0 Å². The summed E-state index contributed by atoms with van der Waals surface area (Å²) in [6, 6.07) is -0.812. The Kier molecular flexibility index (Phi) is 4.50. The number of aliphatic hydroxyl groups is 1. The van der Waals surface area contributed by atoms with Crippen molar-refractivity contribution in [1.82, 2.24) is 5.32 Å². The van der Waals surface area contributed by atoms with Gasteiger partial charge in [0, 0.05) is 0 Å². The number of nitrogens with two attached hydrogens (primary N) is 1. The Labute approximate surface area is 90.0 Å². The molecule has 3 atom stereocenters. The molecule has 0 aromatic carbocycles. The number of rotatable bonds is 4. The molecular formula is C10H20N2O3. The Hall–Kier alpha value is -0.650. The fourth-order valence-electron chi connectivity index (χ4n) is 1.59. The SMILES string of the molecule is CC(C)C[C@H](N)C(=O)N[C@@H]1COC[C@H]1O. The molecule has 88 valence electrons. The van der Waals surface area contributed by atoms with Gasteiger partial charge in [0.25, 0.3) is 0 Å². The van der Waals surface area contributed by atoms with Gasteiger partial charge >= 0.3 is 0 Å². The molecule has 1 heterocycles. The van der Waals surface area contributed by atoms with Crippen LogP contribution in [0.25, 0.3) is 0 Å². The van der Waals surface area contributed by atoms with Crippen molar-refractivity contribution >= 4 is 5.91 Å². The molecule has 0 aliphatic carbocycles. The molecule has 1 amide bonds. The van der Waals surface area contributed by atoms with Crippen LogP contribution in [0.1, 0.15) is 20.3 Å². The highest BCUT2D eigenvalue weighted by Crippen LogP contribution is 2.07. The first-order valence-corrected chi connectivity index (χ1v) is 5.32. The monoisotopic (exact) mass is 216 g/mol. The van der Waals surface area contributed by atoms with Crippen LogP contribution in [-0.4, -0.2) is 42.4 Å². The number of hydrogen-bond acceptors (Lipinski definition) is 4. The molecule has 0 bridgehead atoms. The lowest BCUT2D eigenvalue weighted by Crippen LogP contribution is -2.49. The molecule has 15 heavy (non-hydrogen) atoms. The second-order valence-corrected chi connectivity index (χ2v) is 4.46. The van der Waals surface area contributed by atoms with Gasteiger partial charge in [0.05, 0.1) is 31.4 Å². The fourth-order valence-corrected chi connectivity index (χ4v) is 1.59. The van der Waals surface area contributed by atoms with Gasteiger partial charge in [0.1, 0.15) is 0 Å². The summed E-state index contributed by atoms with van der Waals surface area (Å²) in [5, 5.41) is 12.1. The van der Waals surface area contributed by atoms with Crippen molar-refractivity contribution in [3.8, 4) is 0 Å². The van der Waals surface area contributed by atoms with Gasteiger partial charge in [-0.1, -0.05) is 13.8 Å². The zero-order valence-corrected chi connectivity index (χ0v) is 9.27. The number of ether oxygens (including phenoxy) is 1. The molecule has 0 radical (unpaired) electrons. The molecule has 5 nitrogen and oxygen atoms in total. The van der Waals surface area contributed by atoms with E-state index in [-0.39, 0.29) is 18.6 Å². The smallest absolute Gasteiger partial charge is 0.237 e. The standard InChI is InChI=1S/C10H20N2O3/c1-6(2)3-7(11)10(14)12-8-4-15-5-9(8)13/h6-9,13H,3-5,11H2,1-2H3,(H,12,14)/t7-,8+,9+/m0/s1. The summed E-state index contributed by atoms with van der Waals surface area (Å²) >= 11 is 0. The second-order valence-electron chi connectivity index (χ2n) is 4.46. The number of aliphatic hydroxyl groups excluding tert-OH is 1. The summed E-state index contributed by atoms with van der Waals surface area (Å²) in [6.45, 7) is 4.67. The Balaban J connectivity index is 2.34. The van der Waals surface area contributed by atoms with Crippen LogP contribution in [0.3, 0.4) is 0 Å². The lowest BCUT2D eigenvalue weighted by molar-refractivity contribution is -0.123. The Morgan fingerprint density at radius 2 is 2.27 bits per heavy atom. The quantitative estimate of drug-likeness (QED) is 0.576. The Morgan fingerprint density at radius 1 is 1.60 bits per heavy atom. The topological polar surface area (TPSA) is 84.6 Å². The summed E-state index contributed by atoms with van der Waals surface area (Å²) in [6.07, 6.45) is 0.0374. The zero-order chi connectivity index (χ0) is 11.4. The number of carbonyl (C=O) groups is 1. The summed E-state index contributed by atoms with van der Waals surface area (Å²) < 4.78 is 5.03. The van der Waals surface area contributed by atoms with Crippen LogP contribution in [-0.2, 0) is 9.53 Å². The van der Waals surface area contributed by atoms with E-state index in [1.165, 1.54) is 0 Å². The average molecular weight is 216 g/mol. The van der Waals surface area contributed by atoms with Crippen LogP contribution in [0, 0.1) is 5.92 Å². The third-order valence-electron chi connectivity index (χ3n) is 2.44. The van der Waals surface area contributed by atoms with E-state index in [0.717, 1.165) is 0 Å². The Bertz CT molecular complexity index is 221. The van der Waals surface area contributed by atoms with E-state index in [9.17, 15) is 9.90 Å². The summed E-state index contributed by atoms with van der Waals surface area (Å²) in [7, 11) is 0. The van der Waals surface area contributed by atoms with E-state index in [4.69, 9.17) is 10.5 Å². The van der Waals surface area contributed by atoms with Crippen LogP contribution < -0.4 is 11.1 Å². The number of nitrogens with one attached hydrogen (secondary N) is 1. The molecular weight excluding hydrogens is 196 g/mol. The number of carbonyl (C=O) groups excluding carboxylic acids is 1. The maximum Gasteiger partial charge on any atom is 0.237 e. The third-order valence-corrected chi connectivity index (χ3v) is 2.44. The van der Waals surface area contributed by atoms with Gasteiger partial charge in [0.2, 0.25) is 5.91 Å². The highest BCUT2D eigenvalue weighted by molar-refractivity contribution is 5.81. The first-order chi connectivity index (χ1) is 7.00. The molecule has 0 aromatic heterocycles. The predicted octanol–water partition coefficient (Wildman–Crippen LogP) is -0.764. The van der Waals surface area contributed by atoms with Crippen molar-refractivity contribution in [2.45, 2.75) is 38.5 Å². The van der Waals surface area contributed by atoms with Gasteiger partial charge in [-0.15, -0.1) is 0 Å². The van der Waals surface area contributed by atoms with E-state index >= 15 is 0 Å². The van der Waals surface area contributed by atoms with E-state index in [1.807, 2.05) is 13.8 Å². The normalized spacial score (nSPS) is 28.1. The molecule has 0 aromatic rings. The van der Waals surface area contributed by atoms with E-state index in [0.29, 0.717) is 18.9 Å². The van der Waals surface area contributed by atoms with Crippen molar-refractivity contribution in [3.63, 3.8) is 0 Å². The predicted molar refractivity (Wildman–Crippen MR) is 56.2 cm³/mol. The van der Waals surface area contributed by atoms with Crippen LogP contribution in [0.5, 0.6) is 0 Å². The fraction of sp³-hybridized carbons (Fsp3) is 0.900. The Morgan fingerprint density at radius 3 is 2.73 bits per heavy atom. The van der Waals surface area contributed by atoms with Crippen LogP contribution in [0.2, 0.25) is 0 Å². The van der Waals surface area contributed by atoms with Crippen molar-refractivity contribution in [2.75, 3.05) is 13.2 Å². The summed E-state index contributed by atoms with van der Waals surface area (Å²) in [5.74, 6) is 0.175. The summed E-state index contributed by atoms with van der Waals surface area (Å²) in [5.41, 5.74) is 5.71. The van der Waals surface area contributed by atoms with E-state index < -0.39 is 12.1 Å². The van der Waals surface area contributed by atoms with E-state index in [1.54, 1.807) is 0 Å². The van der Waals surface area contributed by atoms with Gasteiger partial charge in [-0.05, 0) is 12.3 Å². The van der Waals surface area contributed by atoms with Crippen LogP contribution in [0.15, 0.2) is 0 Å². The van der Waals surface area contributed by atoms with E-state index in [2.05, 4.69) is 5.32 Å². The highest BCUT2D eigenvalue weighted by Gasteiger charge is 2.29. The van der Waals surface area contributed by atoms with Crippen LogP contribution >= 0.6 is 0 Å². The van der Waals surface area contributed by atoms with Crippen molar-refractivity contribution < 1.29 is 14.6 Å². The number of hydrogen-bond donors (Lipinski definition) is 3. The third kappa shape index (κ3) is 3.77. The molecule has 1 rings (SSSR count). The van der Waals surface area contributed by atoms with Gasteiger partial charge in [-0.2, -0.15) is 0 Å². The number of amides is 1. The minimum atomic E-state index is -0.611. The molecule has 1 fully saturated rings. The van der Waals surface area contributed by atoms with Gasteiger partial charge in [-0.25, -0.2) is 0 Å². The maximum atomic E-state index is 11.6. The minimum absolute atomic E-state index is 0.210. The maximum absolute atomic E-state index is 11.6. The van der Waals surface area contributed by atoms with Crippen molar-refractivity contribution in [3.05, 3.63) is 0 Å². The lowest BCUT2D eigenvalue weighted by atomic mass is 10.0. The van der Waals surface area contributed by atoms with Crippen LogP contribution in [0.4, 0.5) is 0 Å². The molecule has 0 saturated carbocycles. The molecule has 1 saturated heterocycles. The first-order valence-electron chi connectivity index (χ1n) is 5.32. The average Bonchev–Trinajstić information content (AvgIpc) is 2.50. The molecule has 0 spiro atoms. The first kappa shape index (κ1) is 12.4.